The summed E-state index contributed by atoms with van der Waals surface area (Å²) in [6.07, 6.45) is 11.4. The Bertz CT molecular complexity index is 292. The van der Waals surface area contributed by atoms with Crippen molar-refractivity contribution >= 4 is 18.2 Å². The van der Waals surface area contributed by atoms with Gasteiger partial charge in [0.2, 0.25) is 0 Å². The van der Waals surface area contributed by atoms with Crippen molar-refractivity contribution in [2.45, 2.75) is 116 Å². The molecule has 154 valence electrons. The molecule has 0 radical (unpaired) electrons. The van der Waals surface area contributed by atoms with E-state index in [0.717, 1.165) is 25.5 Å². The van der Waals surface area contributed by atoms with Gasteiger partial charge in [0.25, 0.3) is 0 Å². The SMILES string of the molecule is CCCCO[Si](CCCC)(CCCC)C(C)(C)C(CC)CCCN.P. The topological polar surface area (TPSA) is 35.2 Å². The zero-order valence-electron chi connectivity index (χ0n) is 18.5. The van der Waals surface area contributed by atoms with Crippen molar-refractivity contribution in [2.24, 2.45) is 11.7 Å². The van der Waals surface area contributed by atoms with Crippen molar-refractivity contribution in [2.75, 3.05) is 13.2 Å². The largest absolute Gasteiger partial charge is 0.416 e. The van der Waals surface area contributed by atoms with Crippen LogP contribution in [-0.4, -0.2) is 21.5 Å². The van der Waals surface area contributed by atoms with Gasteiger partial charge in [0.05, 0.1) is 0 Å². The Hall–Kier alpha value is 0.567. The maximum absolute atomic E-state index is 6.91. The lowest BCUT2D eigenvalue weighted by Gasteiger charge is -2.49. The fourth-order valence-electron chi connectivity index (χ4n) is 4.25. The molecule has 0 spiro atoms. The van der Waals surface area contributed by atoms with E-state index in [0.29, 0.717) is 5.04 Å². The summed E-state index contributed by atoms with van der Waals surface area (Å²) >= 11 is 0. The first-order valence-electron chi connectivity index (χ1n) is 10.8. The Balaban J connectivity index is 0. The van der Waals surface area contributed by atoms with Gasteiger partial charge >= 0.3 is 0 Å². The molecule has 0 aliphatic carbocycles. The highest BCUT2D eigenvalue weighted by Gasteiger charge is 2.51. The van der Waals surface area contributed by atoms with Gasteiger partial charge in [-0.25, -0.2) is 0 Å². The Morgan fingerprint density at radius 3 is 1.80 bits per heavy atom. The van der Waals surface area contributed by atoms with Crippen LogP contribution in [0, 0.1) is 5.92 Å². The summed E-state index contributed by atoms with van der Waals surface area (Å²) in [5.74, 6) is 0.753. The van der Waals surface area contributed by atoms with Crippen molar-refractivity contribution in [1.29, 1.82) is 0 Å². The van der Waals surface area contributed by atoms with E-state index < -0.39 is 8.32 Å². The fourth-order valence-corrected chi connectivity index (χ4v) is 9.92. The highest BCUT2D eigenvalue weighted by molar-refractivity contribution is 6.92. The molecule has 25 heavy (non-hydrogen) atoms. The third-order valence-electron chi connectivity index (χ3n) is 6.19. The van der Waals surface area contributed by atoms with Crippen LogP contribution in [0.25, 0.3) is 0 Å². The van der Waals surface area contributed by atoms with Crippen LogP contribution in [0.5, 0.6) is 0 Å². The molecule has 0 aromatic rings. The molecular weight excluding hydrogens is 341 g/mol. The number of hydrogen-bond donors (Lipinski definition) is 1. The molecular formula is C21H50NOPSi. The monoisotopic (exact) mass is 391 g/mol. The molecule has 0 bridgehead atoms. The third-order valence-corrected chi connectivity index (χ3v) is 12.0. The summed E-state index contributed by atoms with van der Waals surface area (Å²) in [4.78, 5) is 0. The Morgan fingerprint density at radius 2 is 1.40 bits per heavy atom. The first-order valence-corrected chi connectivity index (χ1v) is 13.1. The van der Waals surface area contributed by atoms with Crippen LogP contribution in [0.1, 0.15) is 99.3 Å². The molecule has 2 unspecified atom stereocenters. The summed E-state index contributed by atoms with van der Waals surface area (Å²) in [5.41, 5.74) is 5.82. The standard InChI is InChI=1S/C21H47NOSi.H3P/c1-7-11-17-23-24(18-12-8-2,19-13-9-3)21(5,6)20(10-4)15-14-16-22;/h20H,7-19,22H2,1-6H3;1H3. The second-order valence-corrected chi connectivity index (χ2v) is 12.7. The Morgan fingerprint density at radius 1 is 0.880 bits per heavy atom. The quantitative estimate of drug-likeness (QED) is 0.175. The van der Waals surface area contributed by atoms with Crippen LogP contribution in [-0.2, 0) is 4.43 Å². The van der Waals surface area contributed by atoms with Crippen LogP contribution in [0.4, 0.5) is 0 Å². The summed E-state index contributed by atoms with van der Waals surface area (Å²) in [5, 5.41) is 0.342. The summed E-state index contributed by atoms with van der Waals surface area (Å²) in [6.45, 7) is 16.2. The molecule has 4 heteroatoms. The van der Waals surface area contributed by atoms with E-state index >= 15 is 0 Å². The van der Waals surface area contributed by atoms with E-state index in [-0.39, 0.29) is 9.90 Å². The van der Waals surface area contributed by atoms with E-state index in [9.17, 15) is 0 Å². The second-order valence-electron chi connectivity index (χ2n) is 8.16. The van der Waals surface area contributed by atoms with Crippen LogP contribution in [0.15, 0.2) is 0 Å². The summed E-state index contributed by atoms with van der Waals surface area (Å²) in [6, 6.07) is 2.69. The average molecular weight is 392 g/mol. The third kappa shape index (κ3) is 8.87. The van der Waals surface area contributed by atoms with Crippen LogP contribution < -0.4 is 5.73 Å². The minimum absolute atomic E-state index is 0. The molecule has 0 amide bonds. The zero-order valence-corrected chi connectivity index (χ0v) is 20.9. The maximum atomic E-state index is 6.91. The van der Waals surface area contributed by atoms with Crippen LogP contribution >= 0.6 is 9.90 Å². The highest BCUT2D eigenvalue weighted by atomic mass is 31.0. The van der Waals surface area contributed by atoms with Crippen molar-refractivity contribution in [1.82, 2.24) is 0 Å². The molecule has 0 aliphatic rings. The lowest BCUT2D eigenvalue weighted by atomic mass is 9.88. The van der Waals surface area contributed by atoms with Gasteiger partial charge in [-0.05, 0) is 48.9 Å². The molecule has 2 atom stereocenters. The smallest absolute Gasteiger partial charge is 0.198 e. The van der Waals surface area contributed by atoms with Gasteiger partial charge in [-0.1, -0.05) is 80.1 Å². The minimum Gasteiger partial charge on any atom is -0.416 e. The van der Waals surface area contributed by atoms with E-state index in [2.05, 4.69) is 41.5 Å². The molecule has 2 nitrogen and oxygen atoms in total. The maximum Gasteiger partial charge on any atom is 0.198 e. The van der Waals surface area contributed by atoms with Gasteiger partial charge in [0, 0.05) is 6.61 Å². The first kappa shape index (κ1) is 27.8. The molecule has 0 heterocycles. The van der Waals surface area contributed by atoms with E-state index in [4.69, 9.17) is 10.2 Å². The number of hydrogen-bond acceptors (Lipinski definition) is 2. The predicted molar refractivity (Wildman–Crippen MR) is 123 cm³/mol. The Labute approximate surface area is 164 Å². The van der Waals surface area contributed by atoms with Crippen molar-refractivity contribution < 1.29 is 4.43 Å². The van der Waals surface area contributed by atoms with E-state index in [1.807, 2.05) is 0 Å². The summed E-state index contributed by atoms with van der Waals surface area (Å²) in [7, 11) is -1.78. The lowest BCUT2D eigenvalue weighted by molar-refractivity contribution is 0.231. The van der Waals surface area contributed by atoms with Gasteiger partial charge in [-0.3, -0.25) is 0 Å². The van der Waals surface area contributed by atoms with Crippen LogP contribution in [0.2, 0.25) is 17.1 Å². The van der Waals surface area contributed by atoms with Gasteiger partial charge in [-0.15, -0.1) is 0 Å². The van der Waals surface area contributed by atoms with Crippen molar-refractivity contribution in [3.05, 3.63) is 0 Å². The van der Waals surface area contributed by atoms with Crippen molar-refractivity contribution in [3.63, 3.8) is 0 Å². The highest BCUT2D eigenvalue weighted by Crippen LogP contribution is 2.53. The van der Waals surface area contributed by atoms with Gasteiger partial charge in [-0.2, -0.15) is 9.90 Å². The molecule has 0 aliphatic heterocycles. The van der Waals surface area contributed by atoms with Crippen LogP contribution in [0.3, 0.4) is 0 Å². The molecule has 0 fully saturated rings. The number of nitrogens with two attached hydrogens (primary N) is 1. The fraction of sp³-hybridized carbons (Fsp3) is 1.00. The zero-order chi connectivity index (χ0) is 18.5. The molecule has 0 rings (SSSR count). The van der Waals surface area contributed by atoms with E-state index in [1.165, 1.54) is 63.5 Å². The molecule has 0 saturated heterocycles. The second kappa shape index (κ2) is 15.6. The normalized spacial score (nSPS) is 13.6. The number of unbranched alkanes of at least 4 members (excludes halogenated alkanes) is 3. The van der Waals surface area contributed by atoms with Crippen molar-refractivity contribution in [3.8, 4) is 0 Å². The van der Waals surface area contributed by atoms with E-state index in [1.54, 1.807) is 0 Å². The molecule has 0 aromatic heterocycles. The summed E-state index contributed by atoms with van der Waals surface area (Å²) < 4.78 is 6.91. The van der Waals surface area contributed by atoms with Gasteiger partial charge < -0.3 is 10.2 Å². The predicted octanol–water partition coefficient (Wildman–Crippen LogP) is 6.95. The first-order chi connectivity index (χ1) is 11.5. The Kier molecular flexibility index (Phi) is 17.3. The van der Waals surface area contributed by atoms with Gasteiger partial charge in [0.1, 0.15) is 0 Å². The average Bonchev–Trinajstić information content (AvgIpc) is 2.57. The molecule has 0 saturated carbocycles. The minimum atomic E-state index is -1.78. The number of rotatable bonds is 16. The lowest BCUT2D eigenvalue weighted by Crippen LogP contribution is -2.51. The molecule has 0 aromatic carbocycles. The van der Waals surface area contributed by atoms with Gasteiger partial charge in [0.15, 0.2) is 8.32 Å². The molecule has 2 N–H and O–H groups in total.